The number of ketones is 1. The summed E-state index contributed by atoms with van der Waals surface area (Å²) in [5.74, 6) is -0.955. The highest BCUT2D eigenvalue weighted by Gasteiger charge is 2.17. The highest BCUT2D eigenvalue weighted by Crippen LogP contribution is 2.23. The van der Waals surface area contributed by atoms with Crippen LogP contribution in [-0.2, 0) is 0 Å². The molecule has 0 aliphatic carbocycles. The van der Waals surface area contributed by atoms with E-state index in [4.69, 9.17) is 4.42 Å². The lowest BCUT2D eigenvalue weighted by atomic mass is 10.3. The molecule has 0 aliphatic heterocycles. The molecule has 21 heavy (non-hydrogen) atoms. The molecule has 0 bridgehead atoms. The minimum Gasteiger partial charge on any atom is -0.397 e. The van der Waals surface area contributed by atoms with Crippen molar-refractivity contribution >= 4 is 29.1 Å². The van der Waals surface area contributed by atoms with E-state index in [1.165, 1.54) is 30.3 Å². The molecule has 0 N–H and O–H groups in total. The summed E-state index contributed by atoms with van der Waals surface area (Å²) in [6, 6.07) is 8.09. The molecule has 0 atom stereocenters. The molecule has 1 heterocycles. The largest absolute Gasteiger partial charge is 0.433 e. The third kappa shape index (κ3) is 3.66. The number of nitro groups is 2. The normalized spacial score (nSPS) is 10.3. The summed E-state index contributed by atoms with van der Waals surface area (Å²) in [7, 11) is 0. The lowest BCUT2D eigenvalue weighted by Gasteiger charge is -1.99. The molecule has 9 heteroatoms. The minimum atomic E-state index is -0.722. The zero-order valence-corrected chi connectivity index (χ0v) is 11.2. The van der Waals surface area contributed by atoms with Crippen LogP contribution in [0.3, 0.4) is 0 Å². The van der Waals surface area contributed by atoms with E-state index in [0.717, 1.165) is 17.8 Å². The van der Waals surface area contributed by atoms with Crippen LogP contribution in [0.25, 0.3) is 0 Å². The predicted molar refractivity (Wildman–Crippen MR) is 73.5 cm³/mol. The molecule has 0 saturated carbocycles. The van der Waals surface area contributed by atoms with Crippen LogP contribution in [0.4, 0.5) is 11.6 Å². The van der Waals surface area contributed by atoms with E-state index in [1.54, 1.807) is 0 Å². The van der Waals surface area contributed by atoms with Gasteiger partial charge in [-0.3, -0.25) is 25.0 Å². The molecular formula is C12H8N2O6S. The Morgan fingerprint density at radius 1 is 1.05 bits per heavy atom. The van der Waals surface area contributed by atoms with Crippen LogP contribution in [0.5, 0.6) is 0 Å². The fraction of sp³-hybridized carbons (Fsp3) is 0.0833. The SMILES string of the molecule is O=C(CSc1ccc([N+](=O)[O-])cc1)c1ccc([N+](=O)[O-])o1. The Morgan fingerprint density at radius 2 is 1.71 bits per heavy atom. The van der Waals surface area contributed by atoms with E-state index in [1.807, 2.05) is 0 Å². The van der Waals surface area contributed by atoms with Gasteiger partial charge in [0.15, 0.2) is 5.76 Å². The van der Waals surface area contributed by atoms with Crippen LogP contribution in [-0.4, -0.2) is 21.4 Å². The summed E-state index contributed by atoms with van der Waals surface area (Å²) < 4.78 is 4.79. The molecule has 0 aliphatic rings. The second-order valence-corrected chi connectivity index (χ2v) is 4.91. The Bertz CT molecular complexity index is 694. The van der Waals surface area contributed by atoms with Gasteiger partial charge in [0, 0.05) is 17.0 Å². The molecule has 0 radical (unpaired) electrons. The van der Waals surface area contributed by atoms with Crippen molar-refractivity contribution in [2.75, 3.05) is 5.75 Å². The van der Waals surface area contributed by atoms with Gasteiger partial charge < -0.3 is 4.42 Å². The first-order chi connectivity index (χ1) is 9.97. The number of Topliss-reactive ketones (excluding diaryl/α,β-unsaturated/α-hetero) is 1. The Kier molecular flexibility index (Phi) is 4.33. The van der Waals surface area contributed by atoms with Crippen molar-refractivity contribution in [2.45, 2.75) is 4.90 Å². The number of thioether (sulfide) groups is 1. The molecular weight excluding hydrogens is 300 g/mol. The summed E-state index contributed by atoms with van der Waals surface area (Å²) in [4.78, 5) is 32.2. The van der Waals surface area contributed by atoms with Crippen molar-refractivity contribution < 1.29 is 19.1 Å². The van der Waals surface area contributed by atoms with E-state index in [-0.39, 0.29) is 17.2 Å². The summed E-state index contributed by atoms with van der Waals surface area (Å²) >= 11 is 1.16. The Hall–Kier alpha value is -2.68. The maximum absolute atomic E-state index is 11.8. The highest BCUT2D eigenvalue weighted by molar-refractivity contribution is 8.00. The quantitative estimate of drug-likeness (QED) is 0.348. The van der Waals surface area contributed by atoms with Gasteiger partial charge in [-0.25, -0.2) is 0 Å². The van der Waals surface area contributed by atoms with Crippen LogP contribution < -0.4 is 0 Å². The third-order valence-corrected chi connectivity index (χ3v) is 3.48. The number of carbonyl (C=O) groups is 1. The van der Waals surface area contributed by atoms with Gasteiger partial charge in [0.2, 0.25) is 5.78 Å². The first kappa shape index (κ1) is 14.7. The second-order valence-electron chi connectivity index (χ2n) is 3.86. The van der Waals surface area contributed by atoms with Crippen LogP contribution in [0.15, 0.2) is 45.7 Å². The number of carbonyl (C=O) groups excluding carboxylic acids is 1. The molecule has 0 unspecified atom stereocenters. The minimum absolute atomic E-state index is 0.0163. The van der Waals surface area contributed by atoms with Gasteiger partial charge in [-0.15, -0.1) is 11.8 Å². The van der Waals surface area contributed by atoms with E-state index >= 15 is 0 Å². The number of benzene rings is 1. The van der Waals surface area contributed by atoms with Gasteiger partial charge in [0.1, 0.15) is 4.92 Å². The summed E-state index contributed by atoms with van der Waals surface area (Å²) in [5.41, 5.74) is -0.0349. The summed E-state index contributed by atoms with van der Waals surface area (Å²) in [5, 5.41) is 20.9. The first-order valence-electron chi connectivity index (χ1n) is 5.62. The number of hydrogen-bond donors (Lipinski definition) is 0. The number of hydrogen-bond acceptors (Lipinski definition) is 7. The van der Waals surface area contributed by atoms with Gasteiger partial charge >= 0.3 is 5.88 Å². The lowest BCUT2D eigenvalue weighted by Crippen LogP contribution is -2.00. The van der Waals surface area contributed by atoms with Crippen molar-refractivity contribution in [1.29, 1.82) is 0 Å². The maximum Gasteiger partial charge on any atom is 0.433 e. The monoisotopic (exact) mass is 308 g/mol. The fourth-order valence-corrected chi connectivity index (χ4v) is 2.23. The number of rotatable bonds is 6. The second kappa shape index (κ2) is 6.18. The molecule has 108 valence electrons. The Balaban J connectivity index is 1.97. The standard InChI is InChI=1S/C12H8N2O6S/c15-10(11-5-6-12(20-11)14(18)19)7-21-9-3-1-8(2-4-9)13(16)17/h1-6H,7H2. The van der Waals surface area contributed by atoms with Crippen molar-refractivity contribution in [3.8, 4) is 0 Å². The number of nitro benzene ring substituents is 1. The maximum atomic E-state index is 11.8. The van der Waals surface area contributed by atoms with Gasteiger partial charge in [-0.2, -0.15) is 0 Å². The van der Waals surface area contributed by atoms with E-state index in [0.29, 0.717) is 4.90 Å². The van der Waals surface area contributed by atoms with Crippen molar-refractivity contribution in [3.63, 3.8) is 0 Å². The number of nitrogens with zero attached hydrogens (tertiary/aromatic N) is 2. The van der Waals surface area contributed by atoms with Gasteiger partial charge in [0.05, 0.1) is 16.7 Å². The average Bonchev–Trinajstić information content (AvgIpc) is 2.95. The van der Waals surface area contributed by atoms with Gasteiger partial charge in [-0.1, -0.05) is 0 Å². The van der Waals surface area contributed by atoms with Crippen LogP contribution in [0.2, 0.25) is 0 Å². The highest BCUT2D eigenvalue weighted by atomic mass is 32.2. The molecule has 2 rings (SSSR count). The van der Waals surface area contributed by atoms with Crippen molar-refractivity contribution in [3.05, 3.63) is 62.4 Å². The lowest BCUT2D eigenvalue weighted by molar-refractivity contribution is -0.402. The summed E-state index contributed by atoms with van der Waals surface area (Å²) in [6.07, 6.45) is 0. The fourth-order valence-electron chi connectivity index (χ4n) is 1.46. The smallest absolute Gasteiger partial charge is 0.397 e. The van der Waals surface area contributed by atoms with E-state index < -0.39 is 21.5 Å². The van der Waals surface area contributed by atoms with E-state index in [2.05, 4.69) is 0 Å². The zero-order chi connectivity index (χ0) is 15.4. The van der Waals surface area contributed by atoms with Crippen LogP contribution in [0, 0.1) is 20.2 Å². The van der Waals surface area contributed by atoms with E-state index in [9.17, 15) is 25.0 Å². The molecule has 0 amide bonds. The zero-order valence-electron chi connectivity index (χ0n) is 10.4. The van der Waals surface area contributed by atoms with Crippen LogP contribution in [0.1, 0.15) is 10.6 Å². The van der Waals surface area contributed by atoms with Crippen molar-refractivity contribution in [2.24, 2.45) is 0 Å². The molecule has 1 aromatic carbocycles. The predicted octanol–water partition coefficient (Wildman–Crippen LogP) is 3.07. The van der Waals surface area contributed by atoms with Gasteiger partial charge in [-0.05, 0) is 18.2 Å². The van der Waals surface area contributed by atoms with Crippen molar-refractivity contribution in [1.82, 2.24) is 0 Å². The Labute approximate surface area is 122 Å². The Morgan fingerprint density at radius 3 is 2.24 bits per heavy atom. The molecule has 1 aromatic heterocycles. The van der Waals surface area contributed by atoms with Crippen LogP contribution >= 0.6 is 11.8 Å². The summed E-state index contributed by atoms with van der Waals surface area (Å²) in [6.45, 7) is 0. The molecule has 0 spiro atoms. The number of non-ortho nitro benzene ring substituents is 1. The average molecular weight is 308 g/mol. The molecule has 0 fully saturated rings. The first-order valence-corrected chi connectivity index (χ1v) is 6.60. The topological polar surface area (TPSA) is 116 Å². The van der Waals surface area contributed by atoms with Gasteiger partial charge in [0.25, 0.3) is 5.69 Å². The molecule has 0 saturated heterocycles. The molecule has 2 aromatic rings. The third-order valence-electron chi connectivity index (χ3n) is 2.46. The molecule has 8 nitrogen and oxygen atoms in total. The number of furan rings is 1.